The first-order valence-corrected chi connectivity index (χ1v) is 15.0. The molecule has 34 heavy (non-hydrogen) atoms. The van der Waals surface area contributed by atoms with E-state index < -0.39 is 0 Å². The lowest BCUT2D eigenvalue weighted by molar-refractivity contribution is -0.695. The lowest BCUT2D eigenvalue weighted by Gasteiger charge is -2.07. The molecule has 0 amide bonds. The van der Waals surface area contributed by atoms with Crippen molar-refractivity contribution in [3.05, 3.63) is 54.1 Å². The molecule has 2 heteroatoms. The molecule has 0 aliphatic rings. The predicted molar refractivity (Wildman–Crippen MR) is 148 cm³/mol. The molecule has 0 unspecified atom stereocenters. The van der Waals surface area contributed by atoms with Gasteiger partial charge in [0, 0.05) is 6.42 Å². The molecule has 2 aromatic rings. The highest BCUT2D eigenvalue weighted by molar-refractivity contribution is 5.13. The van der Waals surface area contributed by atoms with E-state index in [1.165, 1.54) is 140 Å². The first-order chi connectivity index (χ1) is 16.8. The van der Waals surface area contributed by atoms with Gasteiger partial charge >= 0.3 is 0 Å². The minimum absolute atomic E-state index is 0.996. The fourth-order valence-corrected chi connectivity index (χ4v) is 5.10. The van der Waals surface area contributed by atoms with Gasteiger partial charge in [0.05, 0.1) is 6.54 Å². The molecule has 1 aromatic heterocycles. The van der Waals surface area contributed by atoms with E-state index in [0.717, 1.165) is 6.54 Å². The first kappa shape index (κ1) is 28.7. The molecule has 0 aliphatic heterocycles. The van der Waals surface area contributed by atoms with Crippen molar-refractivity contribution < 1.29 is 4.57 Å². The summed E-state index contributed by atoms with van der Waals surface area (Å²) < 4.78 is 5.04. The first-order valence-electron chi connectivity index (χ1n) is 15.0. The lowest BCUT2D eigenvalue weighted by atomic mass is 10.0. The average molecular weight is 468 g/mol. The maximum atomic E-state index is 2.55. The van der Waals surface area contributed by atoms with E-state index >= 15 is 0 Å². The van der Waals surface area contributed by atoms with Crippen LogP contribution in [-0.4, -0.2) is 4.57 Å². The van der Waals surface area contributed by atoms with Crippen molar-refractivity contribution in [1.82, 2.24) is 4.57 Å². The Morgan fingerprint density at radius 2 is 1.09 bits per heavy atom. The minimum Gasteiger partial charge on any atom is -0.234 e. The van der Waals surface area contributed by atoms with Gasteiger partial charge in [-0.2, -0.15) is 0 Å². The van der Waals surface area contributed by atoms with Gasteiger partial charge in [-0.1, -0.05) is 140 Å². The van der Waals surface area contributed by atoms with E-state index in [-0.39, 0.29) is 0 Å². The lowest BCUT2D eigenvalue weighted by Crippen LogP contribution is -2.37. The van der Waals surface area contributed by atoms with E-state index in [0.29, 0.717) is 0 Å². The Morgan fingerprint density at radius 3 is 1.65 bits per heavy atom. The molecule has 0 N–H and O–H groups in total. The van der Waals surface area contributed by atoms with Gasteiger partial charge in [-0.15, -0.1) is 0 Å². The molecule has 1 heterocycles. The molecular formula is C32H55N2+. The maximum Gasteiger partial charge on any atom is 0.256 e. The van der Waals surface area contributed by atoms with Gasteiger partial charge in [0.2, 0.25) is 0 Å². The summed E-state index contributed by atoms with van der Waals surface area (Å²) in [4.78, 5) is 0. The van der Waals surface area contributed by atoms with Gasteiger partial charge in [-0.3, -0.25) is 0 Å². The Morgan fingerprint density at radius 1 is 0.588 bits per heavy atom. The quantitative estimate of drug-likeness (QED) is 0.120. The van der Waals surface area contributed by atoms with E-state index in [2.05, 4.69) is 65.7 Å². The molecule has 0 radical (unpaired) electrons. The van der Waals surface area contributed by atoms with E-state index in [1.54, 1.807) is 0 Å². The summed E-state index contributed by atoms with van der Waals surface area (Å²) >= 11 is 0. The van der Waals surface area contributed by atoms with Crippen molar-refractivity contribution in [2.45, 2.75) is 149 Å². The van der Waals surface area contributed by atoms with Crippen molar-refractivity contribution in [2.75, 3.05) is 0 Å². The van der Waals surface area contributed by atoms with Crippen LogP contribution in [0.1, 0.15) is 141 Å². The summed E-state index contributed by atoms with van der Waals surface area (Å²) in [7, 11) is 0. The molecule has 0 spiro atoms. The molecule has 2 nitrogen and oxygen atoms in total. The summed E-state index contributed by atoms with van der Waals surface area (Å²) in [6, 6.07) is 10.9. The second kappa shape index (κ2) is 19.7. The Hall–Kier alpha value is -1.57. The molecule has 1 aromatic carbocycles. The average Bonchev–Trinajstić information content (AvgIpc) is 3.23. The molecular weight excluding hydrogens is 412 g/mol. The molecule has 192 valence electrons. The van der Waals surface area contributed by atoms with Crippen LogP contribution in [0.25, 0.3) is 0 Å². The number of nitrogens with zero attached hydrogens (tertiary/aromatic N) is 2. The van der Waals surface area contributed by atoms with Crippen molar-refractivity contribution in [3.8, 4) is 0 Å². The Labute approximate surface area is 212 Å². The summed E-state index contributed by atoms with van der Waals surface area (Å²) in [5, 5.41) is 0. The SMILES string of the molecule is CCCCCCCCCCCCCCCCn1cc[n+](Cc2ccccc2)c1CCCCCC. The van der Waals surface area contributed by atoms with Crippen LogP contribution >= 0.6 is 0 Å². The van der Waals surface area contributed by atoms with Gasteiger partial charge in [-0.25, -0.2) is 9.13 Å². The van der Waals surface area contributed by atoms with Crippen molar-refractivity contribution in [2.24, 2.45) is 0 Å². The van der Waals surface area contributed by atoms with Crippen LogP contribution in [0.4, 0.5) is 0 Å². The standard InChI is InChI=1S/C32H55N2/c1-3-5-7-9-10-11-12-13-14-15-16-17-18-23-27-33-28-29-34(30-31-24-20-19-21-25-31)32(33)26-22-8-6-4-2/h19-21,24-25,28-29H,3-18,22-23,26-27,30H2,1-2H3/q+1. The number of aromatic nitrogens is 2. The van der Waals surface area contributed by atoms with Crippen LogP contribution in [0, 0.1) is 0 Å². The topological polar surface area (TPSA) is 8.81 Å². The minimum atomic E-state index is 0.996. The maximum absolute atomic E-state index is 2.55. The molecule has 0 bridgehead atoms. The molecule has 0 saturated carbocycles. The number of hydrogen-bond acceptors (Lipinski definition) is 0. The van der Waals surface area contributed by atoms with Crippen LogP contribution in [0.15, 0.2) is 42.7 Å². The van der Waals surface area contributed by atoms with E-state index in [9.17, 15) is 0 Å². The van der Waals surface area contributed by atoms with Crippen LogP contribution < -0.4 is 4.57 Å². The number of imidazole rings is 1. The van der Waals surface area contributed by atoms with Crippen molar-refractivity contribution in [3.63, 3.8) is 0 Å². The third-order valence-electron chi connectivity index (χ3n) is 7.29. The third kappa shape index (κ3) is 12.8. The fraction of sp³-hybridized carbons (Fsp3) is 0.719. The van der Waals surface area contributed by atoms with Gasteiger partial charge in [0.1, 0.15) is 18.9 Å². The normalized spacial score (nSPS) is 11.4. The molecule has 0 atom stereocenters. The zero-order valence-electron chi connectivity index (χ0n) is 22.8. The van der Waals surface area contributed by atoms with E-state index in [1.807, 2.05) is 0 Å². The molecule has 0 aliphatic carbocycles. The van der Waals surface area contributed by atoms with E-state index in [4.69, 9.17) is 0 Å². The van der Waals surface area contributed by atoms with Crippen LogP contribution in [0.3, 0.4) is 0 Å². The van der Waals surface area contributed by atoms with Gasteiger partial charge < -0.3 is 0 Å². The van der Waals surface area contributed by atoms with Crippen LogP contribution in [0.2, 0.25) is 0 Å². The van der Waals surface area contributed by atoms with Crippen molar-refractivity contribution >= 4 is 0 Å². The monoisotopic (exact) mass is 467 g/mol. The third-order valence-corrected chi connectivity index (χ3v) is 7.29. The van der Waals surface area contributed by atoms with Crippen LogP contribution in [-0.2, 0) is 19.5 Å². The number of hydrogen-bond donors (Lipinski definition) is 0. The second-order valence-electron chi connectivity index (χ2n) is 10.4. The highest BCUT2D eigenvalue weighted by atomic mass is 15.1. The van der Waals surface area contributed by atoms with Gasteiger partial charge in [0.15, 0.2) is 0 Å². The number of aryl methyl sites for hydroxylation is 1. The fourth-order valence-electron chi connectivity index (χ4n) is 5.10. The van der Waals surface area contributed by atoms with Gasteiger partial charge in [0.25, 0.3) is 5.82 Å². The summed E-state index contributed by atoms with van der Waals surface area (Å²) in [6.45, 7) is 6.78. The predicted octanol–water partition coefficient (Wildman–Crippen LogP) is 9.43. The number of rotatable bonds is 22. The number of benzene rings is 1. The summed E-state index contributed by atoms with van der Waals surface area (Å²) in [6.07, 6.45) is 31.2. The Bertz CT molecular complexity index is 703. The largest absolute Gasteiger partial charge is 0.256 e. The Kier molecular flexibility index (Phi) is 16.6. The smallest absolute Gasteiger partial charge is 0.234 e. The van der Waals surface area contributed by atoms with Gasteiger partial charge in [-0.05, 0) is 24.8 Å². The molecule has 0 saturated heterocycles. The van der Waals surface area contributed by atoms with Crippen molar-refractivity contribution in [1.29, 1.82) is 0 Å². The molecule has 2 rings (SSSR count). The van der Waals surface area contributed by atoms with Crippen LogP contribution in [0.5, 0.6) is 0 Å². The second-order valence-corrected chi connectivity index (χ2v) is 10.4. The highest BCUT2D eigenvalue weighted by Crippen LogP contribution is 2.14. The Balaban J connectivity index is 1.61. The molecule has 0 fully saturated rings. The zero-order chi connectivity index (χ0) is 24.1. The number of unbranched alkanes of at least 4 members (excludes halogenated alkanes) is 16. The highest BCUT2D eigenvalue weighted by Gasteiger charge is 2.16. The zero-order valence-corrected chi connectivity index (χ0v) is 22.8. The summed E-state index contributed by atoms with van der Waals surface area (Å²) in [5.41, 5.74) is 1.40. The summed E-state index contributed by atoms with van der Waals surface area (Å²) in [5.74, 6) is 1.52.